The zero-order valence-electron chi connectivity index (χ0n) is 6.29. The fraction of sp³-hybridized carbons (Fsp3) is 0.857. The molecule has 1 saturated heterocycles. The van der Waals surface area contributed by atoms with Gasteiger partial charge in [0.1, 0.15) is 0 Å². The van der Waals surface area contributed by atoms with Crippen molar-refractivity contribution in [2.24, 2.45) is 5.92 Å². The lowest BCUT2D eigenvalue weighted by Crippen LogP contribution is -2.18. The first-order chi connectivity index (χ1) is 4.75. The van der Waals surface area contributed by atoms with E-state index in [9.17, 15) is 4.79 Å². The van der Waals surface area contributed by atoms with Crippen LogP contribution in [0.4, 0.5) is 0 Å². The summed E-state index contributed by atoms with van der Waals surface area (Å²) in [6, 6.07) is 0. The minimum Gasteiger partial charge on any atom is -0.465 e. The van der Waals surface area contributed by atoms with Crippen LogP contribution in [-0.2, 0) is 9.53 Å². The van der Waals surface area contributed by atoms with Gasteiger partial charge in [-0.15, -0.1) is 0 Å². The average Bonchev–Trinajstić information content (AvgIpc) is 2.34. The molecule has 0 spiro atoms. The van der Waals surface area contributed by atoms with Crippen LogP contribution in [0.15, 0.2) is 0 Å². The van der Waals surface area contributed by atoms with Crippen LogP contribution in [0.5, 0.6) is 0 Å². The van der Waals surface area contributed by atoms with E-state index < -0.39 is 0 Å². The van der Waals surface area contributed by atoms with Gasteiger partial charge < -0.3 is 4.74 Å². The maximum atomic E-state index is 10.9. The van der Waals surface area contributed by atoms with Crippen LogP contribution < -0.4 is 0 Å². The number of esters is 1. The first kappa shape index (κ1) is 7.92. The van der Waals surface area contributed by atoms with E-state index in [0.29, 0.717) is 11.9 Å². The highest BCUT2D eigenvalue weighted by atomic mass is 32.2. The van der Waals surface area contributed by atoms with E-state index in [1.165, 1.54) is 0 Å². The molecule has 0 aromatic heterocycles. The van der Waals surface area contributed by atoms with Crippen molar-refractivity contribution in [1.29, 1.82) is 0 Å². The molecule has 0 saturated carbocycles. The largest absolute Gasteiger partial charge is 0.465 e. The van der Waals surface area contributed by atoms with Crippen molar-refractivity contribution in [3.8, 4) is 0 Å². The summed E-state index contributed by atoms with van der Waals surface area (Å²) >= 11 is 1.72. The molecule has 2 atom stereocenters. The molecular weight excluding hydrogens is 148 g/mol. The topological polar surface area (TPSA) is 26.3 Å². The molecule has 3 heteroatoms. The minimum absolute atomic E-state index is 0.0122. The highest BCUT2D eigenvalue weighted by molar-refractivity contribution is 7.99. The fourth-order valence-electron chi connectivity index (χ4n) is 1.10. The maximum Gasteiger partial charge on any atom is 0.310 e. The quantitative estimate of drug-likeness (QED) is 0.569. The third-order valence-electron chi connectivity index (χ3n) is 1.91. The van der Waals surface area contributed by atoms with Crippen molar-refractivity contribution in [2.75, 3.05) is 12.9 Å². The highest BCUT2D eigenvalue weighted by Crippen LogP contribution is 2.25. The summed E-state index contributed by atoms with van der Waals surface area (Å²) < 4.78 is 4.84. The van der Waals surface area contributed by atoms with Gasteiger partial charge in [-0.2, -0.15) is 11.8 Å². The summed E-state index contributed by atoms with van der Waals surface area (Å²) in [7, 11) is 0. The van der Waals surface area contributed by atoms with Crippen molar-refractivity contribution in [3.63, 3.8) is 0 Å². The van der Waals surface area contributed by atoms with Crippen LogP contribution in [0.3, 0.4) is 0 Å². The molecule has 0 aliphatic carbocycles. The Hall–Kier alpha value is -0.180. The molecule has 0 amide bonds. The molecule has 0 aromatic rings. The predicted octanol–water partition coefficient (Wildman–Crippen LogP) is 1.30. The average molecular weight is 160 g/mol. The second-order valence-corrected chi connectivity index (χ2v) is 3.72. The third-order valence-corrected chi connectivity index (χ3v) is 2.99. The van der Waals surface area contributed by atoms with Crippen LogP contribution in [0.25, 0.3) is 0 Å². The van der Waals surface area contributed by atoms with Gasteiger partial charge >= 0.3 is 5.97 Å². The van der Waals surface area contributed by atoms with E-state index in [1.807, 2.05) is 6.26 Å². The molecule has 10 heavy (non-hydrogen) atoms. The van der Waals surface area contributed by atoms with E-state index in [2.05, 4.69) is 6.92 Å². The molecule has 58 valence electrons. The Morgan fingerprint density at radius 3 is 2.90 bits per heavy atom. The molecule has 1 rings (SSSR count). The number of hydrogen-bond acceptors (Lipinski definition) is 3. The van der Waals surface area contributed by atoms with Crippen LogP contribution in [-0.4, -0.2) is 24.1 Å². The van der Waals surface area contributed by atoms with Crippen LogP contribution in [0.2, 0.25) is 0 Å². The highest BCUT2D eigenvalue weighted by Gasteiger charge is 2.30. The molecule has 1 heterocycles. The predicted molar refractivity (Wildman–Crippen MR) is 42.0 cm³/mol. The van der Waals surface area contributed by atoms with Crippen molar-refractivity contribution in [3.05, 3.63) is 0 Å². The van der Waals surface area contributed by atoms with E-state index in [4.69, 9.17) is 4.74 Å². The second-order valence-electron chi connectivity index (χ2n) is 2.50. The van der Waals surface area contributed by atoms with Crippen molar-refractivity contribution in [1.82, 2.24) is 0 Å². The van der Waals surface area contributed by atoms with E-state index in [0.717, 1.165) is 6.42 Å². The summed E-state index contributed by atoms with van der Waals surface area (Å²) in [5.74, 6) is 0.136. The Morgan fingerprint density at radius 2 is 2.50 bits per heavy atom. The van der Waals surface area contributed by atoms with E-state index >= 15 is 0 Å². The summed E-state index contributed by atoms with van der Waals surface area (Å²) in [6.07, 6.45) is 2.93. The number of carbonyl (C=O) groups is 1. The van der Waals surface area contributed by atoms with Gasteiger partial charge in [0.05, 0.1) is 12.5 Å². The lowest BCUT2D eigenvalue weighted by molar-refractivity contribution is -0.141. The number of carbonyl (C=O) groups excluding carboxylic acids is 1. The molecule has 1 aliphatic heterocycles. The van der Waals surface area contributed by atoms with Gasteiger partial charge in [-0.3, -0.25) is 4.79 Å². The van der Waals surface area contributed by atoms with Crippen molar-refractivity contribution in [2.45, 2.75) is 18.6 Å². The Kier molecular flexibility index (Phi) is 2.60. The zero-order valence-corrected chi connectivity index (χ0v) is 7.11. The molecule has 1 fully saturated rings. The smallest absolute Gasteiger partial charge is 0.310 e. The first-order valence-electron chi connectivity index (χ1n) is 3.45. The first-order valence-corrected chi connectivity index (χ1v) is 4.74. The van der Waals surface area contributed by atoms with Gasteiger partial charge in [-0.25, -0.2) is 0 Å². The molecule has 2 unspecified atom stereocenters. The zero-order chi connectivity index (χ0) is 7.56. The van der Waals surface area contributed by atoms with Crippen molar-refractivity contribution >= 4 is 17.7 Å². The number of hydrogen-bond donors (Lipinski definition) is 0. The maximum absolute atomic E-state index is 10.9. The summed E-state index contributed by atoms with van der Waals surface area (Å²) in [5.41, 5.74) is 0. The fourth-order valence-corrected chi connectivity index (χ4v) is 1.68. The third kappa shape index (κ3) is 1.45. The van der Waals surface area contributed by atoms with Gasteiger partial charge in [0.25, 0.3) is 0 Å². The van der Waals surface area contributed by atoms with Crippen LogP contribution >= 0.6 is 11.8 Å². The number of cyclic esters (lactones) is 1. The van der Waals surface area contributed by atoms with Crippen LogP contribution in [0.1, 0.15) is 13.3 Å². The number of thioether (sulfide) groups is 1. The normalized spacial score (nSPS) is 28.2. The van der Waals surface area contributed by atoms with E-state index in [-0.39, 0.29) is 11.9 Å². The lowest BCUT2D eigenvalue weighted by atomic mass is 10.1. The monoisotopic (exact) mass is 160 g/mol. The summed E-state index contributed by atoms with van der Waals surface area (Å²) in [5, 5.41) is 0.412. The molecule has 1 aliphatic rings. The molecular formula is C7H12O2S. The molecule has 0 aromatic carbocycles. The molecule has 2 nitrogen and oxygen atoms in total. The Balaban J connectivity index is 2.46. The number of ether oxygens (including phenoxy) is 1. The summed E-state index contributed by atoms with van der Waals surface area (Å²) in [4.78, 5) is 10.9. The van der Waals surface area contributed by atoms with Gasteiger partial charge in [0.15, 0.2) is 0 Å². The number of rotatable bonds is 2. The van der Waals surface area contributed by atoms with Crippen LogP contribution in [0, 0.1) is 5.92 Å². The van der Waals surface area contributed by atoms with Crippen molar-refractivity contribution < 1.29 is 9.53 Å². The standard InChI is InChI=1S/C7H12O2S/c1-5(10-2)6-3-4-9-7(6)8/h5-6H,3-4H2,1-2H3. The van der Waals surface area contributed by atoms with Gasteiger partial charge in [0, 0.05) is 5.25 Å². The van der Waals surface area contributed by atoms with E-state index in [1.54, 1.807) is 11.8 Å². The van der Waals surface area contributed by atoms with Gasteiger partial charge in [-0.05, 0) is 12.7 Å². The molecule has 0 radical (unpaired) electrons. The minimum atomic E-state index is -0.0122. The summed E-state index contributed by atoms with van der Waals surface area (Å²) in [6.45, 7) is 2.69. The Morgan fingerprint density at radius 1 is 1.80 bits per heavy atom. The lowest BCUT2D eigenvalue weighted by Gasteiger charge is -2.11. The van der Waals surface area contributed by atoms with Gasteiger partial charge in [0.2, 0.25) is 0 Å². The molecule has 0 N–H and O–H groups in total. The Bertz CT molecular complexity index is 136. The molecule has 0 bridgehead atoms. The second kappa shape index (κ2) is 3.28. The Labute approximate surface area is 65.3 Å². The van der Waals surface area contributed by atoms with Gasteiger partial charge in [-0.1, -0.05) is 6.92 Å². The SMILES string of the molecule is CSC(C)C1CCOC1=O.